The van der Waals surface area contributed by atoms with Crippen molar-refractivity contribution < 1.29 is 4.42 Å². The normalized spacial score (nSPS) is 12.7. The maximum absolute atomic E-state index is 6.12. The summed E-state index contributed by atoms with van der Waals surface area (Å²) < 4.78 is 6.12. The van der Waals surface area contributed by atoms with Gasteiger partial charge < -0.3 is 9.73 Å². The van der Waals surface area contributed by atoms with E-state index in [1.165, 1.54) is 16.7 Å². The van der Waals surface area contributed by atoms with E-state index in [0.29, 0.717) is 0 Å². The van der Waals surface area contributed by atoms with Crippen LogP contribution in [0.15, 0.2) is 47.1 Å². The van der Waals surface area contributed by atoms with Crippen molar-refractivity contribution in [2.45, 2.75) is 26.3 Å². The van der Waals surface area contributed by atoms with Crippen LogP contribution in [-0.4, -0.2) is 12.0 Å². The fraction of sp³-hybridized carbons (Fsp3) is 0.278. The average molecular weight is 280 g/mol. The molecule has 0 radical (unpaired) electrons. The summed E-state index contributed by atoms with van der Waals surface area (Å²) in [5.41, 5.74) is 4.61. The number of pyridine rings is 1. The molecule has 108 valence electrons. The standard InChI is InChI=1S/C18H20N2O/c1-4-13-11-20-9-8-15(13)17(19-3)16-10-14-7-5-6-12(2)18(14)21-16/h5-11,17,19H,4H2,1-3H3. The molecule has 0 spiro atoms. The van der Waals surface area contributed by atoms with Crippen LogP contribution in [0.3, 0.4) is 0 Å². The fourth-order valence-electron chi connectivity index (χ4n) is 2.84. The van der Waals surface area contributed by atoms with Gasteiger partial charge in [0.15, 0.2) is 0 Å². The van der Waals surface area contributed by atoms with Crippen molar-refractivity contribution >= 4 is 11.0 Å². The Labute approximate surface area is 125 Å². The van der Waals surface area contributed by atoms with Gasteiger partial charge in [-0.25, -0.2) is 0 Å². The zero-order valence-corrected chi connectivity index (χ0v) is 12.7. The van der Waals surface area contributed by atoms with Crippen molar-refractivity contribution in [1.82, 2.24) is 10.3 Å². The predicted molar refractivity (Wildman–Crippen MR) is 85.5 cm³/mol. The van der Waals surface area contributed by atoms with Gasteiger partial charge >= 0.3 is 0 Å². The van der Waals surface area contributed by atoms with Crippen LogP contribution >= 0.6 is 0 Å². The molecule has 0 aliphatic heterocycles. The summed E-state index contributed by atoms with van der Waals surface area (Å²) in [5, 5.41) is 4.52. The van der Waals surface area contributed by atoms with Gasteiger partial charge in [-0.1, -0.05) is 25.1 Å². The number of aromatic nitrogens is 1. The Bertz CT molecular complexity index is 761. The summed E-state index contributed by atoms with van der Waals surface area (Å²) in [6.45, 7) is 4.23. The lowest BCUT2D eigenvalue weighted by Gasteiger charge is -2.17. The van der Waals surface area contributed by atoms with Gasteiger partial charge in [-0.3, -0.25) is 4.98 Å². The van der Waals surface area contributed by atoms with Crippen LogP contribution in [0.4, 0.5) is 0 Å². The first kappa shape index (κ1) is 13.8. The molecule has 3 heteroatoms. The number of fused-ring (bicyclic) bond motifs is 1. The molecule has 3 nitrogen and oxygen atoms in total. The predicted octanol–water partition coefficient (Wildman–Crippen LogP) is 4.01. The number of benzene rings is 1. The minimum absolute atomic E-state index is 0.0507. The van der Waals surface area contributed by atoms with E-state index < -0.39 is 0 Å². The van der Waals surface area contributed by atoms with Gasteiger partial charge in [0.1, 0.15) is 11.3 Å². The van der Waals surface area contributed by atoms with Crippen LogP contribution in [-0.2, 0) is 6.42 Å². The lowest BCUT2D eigenvalue weighted by Crippen LogP contribution is -2.18. The summed E-state index contributed by atoms with van der Waals surface area (Å²) in [6.07, 6.45) is 4.74. The van der Waals surface area contributed by atoms with Gasteiger partial charge in [0, 0.05) is 17.8 Å². The Morgan fingerprint density at radius 2 is 2.14 bits per heavy atom. The molecule has 0 aliphatic carbocycles. The Morgan fingerprint density at radius 3 is 2.86 bits per heavy atom. The molecule has 21 heavy (non-hydrogen) atoms. The molecule has 3 aromatic rings. The molecule has 2 heterocycles. The lowest BCUT2D eigenvalue weighted by molar-refractivity contribution is 0.488. The molecule has 3 rings (SSSR count). The third-order valence-corrected chi connectivity index (χ3v) is 3.97. The molecule has 1 N–H and O–H groups in total. The molecule has 2 aromatic heterocycles. The van der Waals surface area contributed by atoms with Crippen molar-refractivity contribution in [1.29, 1.82) is 0 Å². The van der Waals surface area contributed by atoms with E-state index in [1.807, 2.05) is 19.4 Å². The first-order valence-corrected chi connectivity index (χ1v) is 7.33. The van der Waals surface area contributed by atoms with E-state index in [1.54, 1.807) is 0 Å². The first-order valence-electron chi connectivity index (χ1n) is 7.33. The van der Waals surface area contributed by atoms with Gasteiger partial charge in [0.25, 0.3) is 0 Å². The number of nitrogens with one attached hydrogen (secondary N) is 1. The molecule has 0 fully saturated rings. The zero-order chi connectivity index (χ0) is 14.8. The minimum atomic E-state index is 0.0507. The Morgan fingerprint density at radius 1 is 1.29 bits per heavy atom. The highest BCUT2D eigenvalue weighted by Crippen LogP contribution is 2.31. The summed E-state index contributed by atoms with van der Waals surface area (Å²) in [4.78, 5) is 4.23. The van der Waals surface area contributed by atoms with Crippen LogP contribution in [0.5, 0.6) is 0 Å². The Balaban J connectivity index is 2.12. The molecular formula is C18H20N2O. The third-order valence-electron chi connectivity index (χ3n) is 3.97. The number of hydrogen-bond donors (Lipinski definition) is 1. The highest BCUT2D eigenvalue weighted by molar-refractivity contribution is 5.81. The first-order chi connectivity index (χ1) is 10.2. The van der Waals surface area contributed by atoms with Crippen molar-refractivity contribution in [2.24, 2.45) is 0 Å². The Kier molecular flexibility index (Phi) is 3.76. The molecule has 1 unspecified atom stereocenters. The van der Waals surface area contributed by atoms with Crippen molar-refractivity contribution in [3.63, 3.8) is 0 Å². The van der Waals surface area contributed by atoms with Crippen molar-refractivity contribution in [3.05, 3.63) is 65.2 Å². The number of nitrogens with zero attached hydrogens (tertiary/aromatic N) is 1. The second-order valence-corrected chi connectivity index (χ2v) is 5.29. The number of furan rings is 1. The zero-order valence-electron chi connectivity index (χ0n) is 12.7. The smallest absolute Gasteiger partial charge is 0.137 e. The van der Waals surface area contributed by atoms with E-state index in [-0.39, 0.29) is 6.04 Å². The number of hydrogen-bond acceptors (Lipinski definition) is 3. The van der Waals surface area contributed by atoms with E-state index in [4.69, 9.17) is 4.42 Å². The lowest BCUT2D eigenvalue weighted by atomic mass is 9.99. The Hall–Kier alpha value is -2.13. The topological polar surface area (TPSA) is 38.1 Å². The summed E-state index contributed by atoms with van der Waals surface area (Å²) in [7, 11) is 1.96. The highest BCUT2D eigenvalue weighted by Gasteiger charge is 2.19. The number of aryl methyl sites for hydroxylation is 2. The monoisotopic (exact) mass is 280 g/mol. The van der Waals surface area contributed by atoms with Gasteiger partial charge in [-0.15, -0.1) is 0 Å². The second kappa shape index (κ2) is 5.70. The molecule has 0 saturated carbocycles. The largest absolute Gasteiger partial charge is 0.459 e. The van der Waals surface area contributed by atoms with E-state index in [9.17, 15) is 0 Å². The highest BCUT2D eigenvalue weighted by atomic mass is 16.3. The van der Waals surface area contributed by atoms with Gasteiger partial charge in [-0.05, 0) is 49.2 Å². The average Bonchev–Trinajstić information content (AvgIpc) is 2.94. The van der Waals surface area contributed by atoms with Crippen LogP contribution in [0.2, 0.25) is 0 Å². The second-order valence-electron chi connectivity index (χ2n) is 5.29. The maximum atomic E-state index is 6.12. The van der Waals surface area contributed by atoms with Crippen LogP contribution in [0.1, 0.15) is 35.4 Å². The van der Waals surface area contributed by atoms with E-state index >= 15 is 0 Å². The molecule has 0 saturated heterocycles. The van der Waals surface area contributed by atoms with Crippen LogP contribution < -0.4 is 5.32 Å². The van der Waals surface area contributed by atoms with Crippen LogP contribution in [0.25, 0.3) is 11.0 Å². The van der Waals surface area contributed by atoms with E-state index in [2.05, 4.69) is 54.5 Å². The van der Waals surface area contributed by atoms with Crippen molar-refractivity contribution in [3.8, 4) is 0 Å². The summed E-state index contributed by atoms with van der Waals surface area (Å²) in [6, 6.07) is 10.5. The summed E-state index contributed by atoms with van der Waals surface area (Å²) in [5.74, 6) is 0.947. The van der Waals surface area contributed by atoms with Gasteiger partial charge in [0.2, 0.25) is 0 Å². The molecule has 0 amide bonds. The molecule has 0 bridgehead atoms. The number of rotatable bonds is 4. The maximum Gasteiger partial charge on any atom is 0.137 e. The molecule has 0 aliphatic rings. The van der Waals surface area contributed by atoms with Gasteiger partial charge in [-0.2, -0.15) is 0 Å². The van der Waals surface area contributed by atoms with Gasteiger partial charge in [0.05, 0.1) is 6.04 Å². The molecule has 1 aromatic carbocycles. The quantitative estimate of drug-likeness (QED) is 0.784. The van der Waals surface area contributed by atoms with E-state index in [0.717, 1.165) is 23.2 Å². The van der Waals surface area contributed by atoms with Crippen molar-refractivity contribution in [2.75, 3.05) is 7.05 Å². The third kappa shape index (κ3) is 2.45. The SMILES string of the molecule is CCc1cnccc1C(NC)c1cc2cccc(C)c2o1. The minimum Gasteiger partial charge on any atom is -0.459 e. The number of para-hydroxylation sites is 1. The summed E-state index contributed by atoms with van der Waals surface area (Å²) >= 11 is 0. The van der Waals surface area contributed by atoms with Crippen LogP contribution in [0, 0.1) is 6.92 Å². The fourth-order valence-corrected chi connectivity index (χ4v) is 2.84. The molecule has 1 atom stereocenters. The molecular weight excluding hydrogens is 260 g/mol.